The second-order valence-electron chi connectivity index (χ2n) is 7.10. The van der Waals surface area contributed by atoms with Gasteiger partial charge in [-0.3, -0.25) is 14.5 Å². The lowest BCUT2D eigenvalue weighted by molar-refractivity contribution is -0.137. The Morgan fingerprint density at radius 1 is 0.935 bits per heavy atom. The Labute approximate surface area is 184 Å². The van der Waals surface area contributed by atoms with Gasteiger partial charge in [-0.15, -0.1) is 11.3 Å². The summed E-state index contributed by atoms with van der Waals surface area (Å²) >= 11 is 1.42. The Morgan fingerprint density at radius 3 is 2.32 bits per heavy atom. The first-order valence-corrected chi connectivity index (χ1v) is 10.6. The number of rotatable bonds is 7. The third kappa shape index (κ3) is 4.04. The van der Waals surface area contributed by atoms with E-state index in [4.69, 9.17) is 9.47 Å². The maximum Gasteiger partial charge on any atom is 0.278 e. The van der Waals surface area contributed by atoms with Crippen LogP contribution in [0.5, 0.6) is 11.5 Å². The molecule has 1 N–H and O–H groups in total. The largest absolute Gasteiger partial charge is 0.493 e. The normalized spacial score (nSPS) is 13.7. The van der Waals surface area contributed by atoms with E-state index in [1.165, 1.54) is 16.2 Å². The summed E-state index contributed by atoms with van der Waals surface area (Å²) in [5, 5.41) is 5.03. The van der Waals surface area contributed by atoms with Crippen molar-refractivity contribution in [3.05, 3.63) is 81.7 Å². The van der Waals surface area contributed by atoms with Gasteiger partial charge in [0.25, 0.3) is 11.8 Å². The van der Waals surface area contributed by atoms with Crippen molar-refractivity contribution in [1.29, 1.82) is 0 Å². The highest BCUT2D eigenvalue weighted by Gasteiger charge is 2.39. The van der Waals surface area contributed by atoms with Gasteiger partial charge in [-0.1, -0.05) is 35.9 Å². The summed E-state index contributed by atoms with van der Waals surface area (Å²) in [5.41, 5.74) is 3.27. The molecule has 7 heteroatoms. The summed E-state index contributed by atoms with van der Waals surface area (Å²) in [5.74, 6) is 0.439. The minimum absolute atomic E-state index is 0.212. The fraction of sp³-hybridized carbons (Fsp3) is 0.167. The van der Waals surface area contributed by atoms with Crippen LogP contribution in [0, 0.1) is 6.92 Å². The molecule has 1 aliphatic heterocycles. The molecule has 158 valence electrons. The number of aryl methyl sites for hydroxylation is 1. The summed E-state index contributed by atoms with van der Waals surface area (Å²) < 4.78 is 10.6. The number of ether oxygens (including phenoxy) is 2. The van der Waals surface area contributed by atoms with E-state index >= 15 is 0 Å². The highest BCUT2D eigenvalue weighted by molar-refractivity contribution is 7.11. The van der Waals surface area contributed by atoms with Crippen LogP contribution in [-0.2, 0) is 16.1 Å². The maximum absolute atomic E-state index is 13.3. The third-order valence-electron chi connectivity index (χ3n) is 5.05. The Balaban J connectivity index is 1.69. The Bertz CT molecular complexity index is 1150. The van der Waals surface area contributed by atoms with Gasteiger partial charge in [-0.05, 0) is 36.1 Å². The number of hydrogen-bond acceptors (Lipinski definition) is 6. The molecule has 0 unspecified atom stereocenters. The molecule has 0 saturated carbocycles. The molecule has 0 radical (unpaired) electrons. The number of methoxy groups -OCH3 is 2. The minimum atomic E-state index is -0.358. The number of anilines is 1. The van der Waals surface area contributed by atoms with Crippen LogP contribution in [0.3, 0.4) is 0 Å². The number of nitrogens with zero attached hydrogens (tertiary/aromatic N) is 1. The van der Waals surface area contributed by atoms with E-state index in [1.807, 2.05) is 48.7 Å². The zero-order valence-electron chi connectivity index (χ0n) is 17.5. The number of amides is 2. The Morgan fingerprint density at radius 2 is 1.68 bits per heavy atom. The molecule has 2 aromatic carbocycles. The van der Waals surface area contributed by atoms with E-state index in [1.54, 1.807) is 32.4 Å². The van der Waals surface area contributed by atoms with Crippen LogP contribution < -0.4 is 14.8 Å². The summed E-state index contributed by atoms with van der Waals surface area (Å²) in [6.07, 6.45) is 0. The molecule has 6 nitrogen and oxygen atoms in total. The topological polar surface area (TPSA) is 67.9 Å². The molecule has 2 heterocycles. The van der Waals surface area contributed by atoms with Gasteiger partial charge < -0.3 is 14.8 Å². The van der Waals surface area contributed by atoms with Crippen LogP contribution in [0.4, 0.5) is 5.69 Å². The van der Waals surface area contributed by atoms with Crippen molar-refractivity contribution in [2.24, 2.45) is 0 Å². The van der Waals surface area contributed by atoms with E-state index < -0.39 is 0 Å². The van der Waals surface area contributed by atoms with Crippen molar-refractivity contribution in [3.63, 3.8) is 0 Å². The number of thiophene rings is 1. The van der Waals surface area contributed by atoms with Crippen LogP contribution in [0.15, 0.2) is 65.7 Å². The molecule has 0 spiro atoms. The predicted octanol–water partition coefficient (Wildman–Crippen LogP) is 4.47. The zero-order chi connectivity index (χ0) is 22.0. The fourth-order valence-electron chi connectivity index (χ4n) is 3.42. The lowest BCUT2D eigenvalue weighted by atomic mass is 10.1. The van der Waals surface area contributed by atoms with Crippen molar-refractivity contribution in [2.45, 2.75) is 13.5 Å². The van der Waals surface area contributed by atoms with Gasteiger partial charge in [-0.25, -0.2) is 0 Å². The van der Waals surface area contributed by atoms with Crippen molar-refractivity contribution in [3.8, 4) is 11.5 Å². The Hall–Kier alpha value is -3.58. The lowest BCUT2D eigenvalue weighted by Gasteiger charge is -2.16. The molecular formula is C24H22N2O4S. The van der Waals surface area contributed by atoms with Crippen molar-refractivity contribution < 1.29 is 19.1 Å². The van der Waals surface area contributed by atoms with Crippen LogP contribution in [0.1, 0.15) is 16.0 Å². The average molecular weight is 435 g/mol. The van der Waals surface area contributed by atoms with Crippen molar-refractivity contribution >= 4 is 34.4 Å². The smallest absolute Gasteiger partial charge is 0.278 e. The van der Waals surface area contributed by atoms with E-state index in [2.05, 4.69) is 5.32 Å². The van der Waals surface area contributed by atoms with Crippen LogP contribution >= 0.6 is 11.3 Å². The summed E-state index contributed by atoms with van der Waals surface area (Å²) in [7, 11) is 3.11. The minimum Gasteiger partial charge on any atom is -0.493 e. The number of carbonyl (C=O) groups is 2. The second-order valence-corrected chi connectivity index (χ2v) is 8.05. The SMILES string of the molecule is COc1ccc(NC2=C(c3cccs3)C(=O)N(Cc3ccc(C)cc3)C2=O)cc1OC. The molecule has 4 rings (SSSR count). The van der Waals surface area contributed by atoms with Crippen LogP contribution in [0.25, 0.3) is 5.57 Å². The molecule has 1 aromatic heterocycles. The van der Waals surface area contributed by atoms with E-state index in [0.29, 0.717) is 22.8 Å². The Kier molecular flexibility index (Phi) is 5.77. The van der Waals surface area contributed by atoms with Crippen LogP contribution in [-0.4, -0.2) is 30.9 Å². The van der Waals surface area contributed by atoms with E-state index in [-0.39, 0.29) is 24.1 Å². The number of nitrogens with one attached hydrogen (secondary N) is 1. The first kappa shape index (κ1) is 20.7. The highest BCUT2D eigenvalue weighted by atomic mass is 32.1. The number of imide groups is 1. The molecule has 1 aliphatic rings. The van der Waals surface area contributed by atoms with Gasteiger partial charge in [0.2, 0.25) is 0 Å². The van der Waals surface area contributed by atoms with Gasteiger partial charge in [0, 0.05) is 16.6 Å². The number of benzene rings is 2. The van der Waals surface area contributed by atoms with Gasteiger partial charge in [0.05, 0.1) is 26.3 Å². The summed E-state index contributed by atoms with van der Waals surface area (Å²) in [6.45, 7) is 2.21. The van der Waals surface area contributed by atoms with Crippen molar-refractivity contribution in [2.75, 3.05) is 19.5 Å². The molecule has 2 amide bonds. The second kappa shape index (κ2) is 8.65. The first-order chi connectivity index (χ1) is 15.0. The van der Waals surface area contributed by atoms with Crippen molar-refractivity contribution in [1.82, 2.24) is 4.90 Å². The monoisotopic (exact) mass is 434 g/mol. The molecule has 0 saturated heterocycles. The van der Waals surface area contributed by atoms with E-state index in [0.717, 1.165) is 16.0 Å². The zero-order valence-corrected chi connectivity index (χ0v) is 18.3. The molecule has 0 aliphatic carbocycles. The quantitative estimate of drug-likeness (QED) is 0.556. The standard InChI is InChI=1S/C24H22N2O4S/c1-15-6-8-16(9-7-15)14-26-23(27)21(20-5-4-12-31-20)22(24(26)28)25-17-10-11-18(29-2)19(13-17)30-3/h4-13,25H,14H2,1-3H3. The van der Waals surface area contributed by atoms with Gasteiger partial charge in [-0.2, -0.15) is 0 Å². The van der Waals surface area contributed by atoms with Crippen LogP contribution in [0.2, 0.25) is 0 Å². The van der Waals surface area contributed by atoms with Gasteiger partial charge >= 0.3 is 0 Å². The molecule has 3 aromatic rings. The average Bonchev–Trinajstić information content (AvgIpc) is 3.38. The highest BCUT2D eigenvalue weighted by Crippen LogP contribution is 2.35. The number of hydrogen-bond donors (Lipinski definition) is 1. The number of carbonyl (C=O) groups excluding carboxylic acids is 2. The maximum atomic E-state index is 13.3. The van der Waals surface area contributed by atoms with Gasteiger partial charge in [0.1, 0.15) is 5.70 Å². The molecule has 0 fully saturated rings. The molecular weight excluding hydrogens is 412 g/mol. The lowest BCUT2D eigenvalue weighted by Crippen LogP contribution is -2.31. The van der Waals surface area contributed by atoms with Gasteiger partial charge in [0.15, 0.2) is 11.5 Å². The molecule has 31 heavy (non-hydrogen) atoms. The third-order valence-corrected chi connectivity index (χ3v) is 5.94. The fourth-order valence-corrected chi connectivity index (χ4v) is 4.19. The predicted molar refractivity (Wildman–Crippen MR) is 121 cm³/mol. The molecule has 0 bridgehead atoms. The molecule has 0 atom stereocenters. The summed E-state index contributed by atoms with van der Waals surface area (Å²) in [6, 6.07) is 16.8. The van der Waals surface area contributed by atoms with E-state index in [9.17, 15) is 9.59 Å². The summed E-state index contributed by atoms with van der Waals surface area (Å²) in [4.78, 5) is 28.6. The first-order valence-electron chi connectivity index (χ1n) is 9.70.